The van der Waals surface area contributed by atoms with Crippen LogP contribution in [0.15, 0.2) is 48.6 Å². The highest BCUT2D eigenvalue weighted by Crippen LogP contribution is 2.30. The van der Waals surface area contributed by atoms with Crippen molar-refractivity contribution in [2.45, 2.75) is 408 Å². The normalized spacial score (nSPS) is 23.1. The van der Waals surface area contributed by atoms with E-state index in [0.717, 1.165) is 44.9 Å². The number of amides is 1. The minimum Gasteiger partial charge on any atom is -0.394 e. The quantitative estimate of drug-likeness (QED) is 0.0204. The fourth-order valence-electron chi connectivity index (χ4n) is 12.4. The first kappa shape index (κ1) is 84.0. The number of rotatable bonds is 63. The van der Waals surface area contributed by atoms with Gasteiger partial charge in [-0.3, -0.25) is 4.79 Å². The topological polar surface area (TPSA) is 228 Å². The van der Waals surface area contributed by atoms with Crippen LogP contribution < -0.4 is 5.32 Å². The molecule has 1 amide bonds. The van der Waals surface area contributed by atoms with E-state index in [4.69, 9.17) is 18.9 Å². The largest absolute Gasteiger partial charge is 0.394 e. The van der Waals surface area contributed by atoms with Gasteiger partial charge in [0.25, 0.3) is 0 Å². The summed E-state index contributed by atoms with van der Waals surface area (Å²) in [6.45, 7) is 2.83. The Morgan fingerprint density at radius 1 is 0.389 bits per heavy atom. The molecule has 2 rings (SSSR count). The van der Waals surface area contributed by atoms with Crippen molar-refractivity contribution >= 4 is 5.91 Å². The van der Waals surface area contributed by atoms with Crippen molar-refractivity contribution in [3.8, 4) is 0 Å². The molecule has 2 fully saturated rings. The Morgan fingerprint density at radius 3 is 1.09 bits per heavy atom. The van der Waals surface area contributed by atoms with Gasteiger partial charge in [0.2, 0.25) is 5.91 Å². The van der Waals surface area contributed by atoms with E-state index >= 15 is 0 Å². The monoisotopic (exact) mass is 1280 g/mol. The fourth-order valence-corrected chi connectivity index (χ4v) is 12.4. The first-order chi connectivity index (χ1) is 44.1. The molecule has 14 heteroatoms. The summed E-state index contributed by atoms with van der Waals surface area (Å²) in [7, 11) is 0. The lowest BCUT2D eigenvalue weighted by Gasteiger charge is -2.46. The summed E-state index contributed by atoms with van der Waals surface area (Å²) in [4.78, 5) is 13.4. The maximum absolute atomic E-state index is 13.4. The molecule has 0 aromatic rings. The standard InChI is InChI=1S/C76H141NO13/c1-3-5-7-9-11-13-15-17-19-21-23-25-27-29-31-32-34-35-37-39-41-43-45-47-49-51-53-55-57-59-65(80)64(63-87-75-73(86)71(84)74(67(62-79)89-75)90-76-72(85)70(83)69(82)66(61-78)88-76)77-68(81)60-58-56-54-52-50-48-46-44-42-40-38-36-33-30-28-26-24-22-20-18-16-14-12-10-8-6-4-2/h22,24,41,43,49,51,57,59,64-67,69-76,78-80,82-86H,3-21,23,25-40,42,44-48,50,52-56,58,60-63H2,1-2H3,(H,77,81)/b24-22-,43-41+,51-49+,59-57+. The minimum atomic E-state index is -1.79. The van der Waals surface area contributed by atoms with Gasteiger partial charge in [-0.2, -0.15) is 0 Å². The number of aliphatic hydroxyl groups is 8. The van der Waals surface area contributed by atoms with Crippen LogP contribution >= 0.6 is 0 Å². The van der Waals surface area contributed by atoms with Crippen molar-refractivity contribution in [1.29, 1.82) is 0 Å². The molecule has 14 nitrogen and oxygen atoms in total. The van der Waals surface area contributed by atoms with Crippen LogP contribution in [0, 0.1) is 0 Å². The molecule has 0 saturated carbocycles. The second kappa shape index (κ2) is 60.6. The summed E-state index contributed by atoms with van der Waals surface area (Å²) in [5.74, 6) is -0.248. The Labute approximate surface area is 550 Å². The smallest absolute Gasteiger partial charge is 0.220 e. The molecule has 0 aliphatic carbocycles. The van der Waals surface area contributed by atoms with Gasteiger partial charge in [0.15, 0.2) is 12.6 Å². The Hall–Kier alpha value is -2.05. The zero-order valence-corrected chi connectivity index (χ0v) is 57.6. The van der Waals surface area contributed by atoms with E-state index in [9.17, 15) is 45.6 Å². The van der Waals surface area contributed by atoms with Crippen LogP contribution in [-0.2, 0) is 23.7 Å². The van der Waals surface area contributed by atoms with E-state index in [2.05, 4.69) is 55.6 Å². The number of allylic oxidation sites excluding steroid dienone is 7. The molecular formula is C76H141NO13. The van der Waals surface area contributed by atoms with E-state index in [0.29, 0.717) is 12.8 Å². The molecule has 0 aromatic carbocycles. The predicted molar refractivity (Wildman–Crippen MR) is 369 cm³/mol. The molecule has 12 unspecified atom stereocenters. The third-order valence-electron chi connectivity index (χ3n) is 18.5. The zero-order valence-electron chi connectivity index (χ0n) is 57.6. The average molecular weight is 1280 g/mol. The molecule has 9 N–H and O–H groups in total. The number of hydrogen-bond donors (Lipinski definition) is 9. The molecule has 90 heavy (non-hydrogen) atoms. The van der Waals surface area contributed by atoms with Gasteiger partial charge in [-0.1, -0.05) is 306 Å². The van der Waals surface area contributed by atoms with Gasteiger partial charge in [0.05, 0.1) is 32.0 Å². The van der Waals surface area contributed by atoms with Crippen molar-refractivity contribution in [2.24, 2.45) is 0 Å². The third kappa shape index (κ3) is 43.8. The molecule has 2 aliphatic rings. The molecular weight excluding hydrogens is 1130 g/mol. The Kier molecular flexibility index (Phi) is 56.6. The van der Waals surface area contributed by atoms with Crippen LogP contribution in [-0.4, -0.2) is 140 Å². The number of ether oxygens (including phenoxy) is 4. The highest BCUT2D eigenvalue weighted by atomic mass is 16.7. The van der Waals surface area contributed by atoms with Crippen LogP contribution in [0.1, 0.15) is 335 Å². The zero-order chi connectivity index (χ0) is 65.2. The first-order valence-corrected chi connectivity index (χ1v) is 37.9. The number of nitrogens with one attached hydrogen (secondary N) is 1. The van der Waals surface area contributed by atoms with E-state index in [1.165, 1.54) is 257 Å². The average Bonchev–Trinajstić information content (AvgIpc) is 1.41. The van der Waals surface area contributed by atoms with Gasteiger partial charge in [-0.05, 0) is 70.6 Å². The first-order valence-electron chi connectivity index (χ1n) is 37.9. The summed E-state index contributed by atoms with van der Waals surface area (Å²) < 4.78 is 22.9. The maximum Gasteiger partial charge on any atom is 0.220 e. The van der Waals surface area contributed by atoms with Gasteiger partial charge < -0.3 is 65.1 Å². The summed E-state index contributed by atoms with van der Waals surface area (Å²) in [5, 5.41) is 87.5. The van der Waals surface area contributed by atoms with Crippen molar-refractivity contribution in [3.05, 3.63) is 48.6 Å². The molecule has 2 saturated heterocycles. The van der Waals surface area contributed by atoms with Gasteiger partial charge in [-0.25, -0.2) is 0 Å². The van der Waals surface area contributed by atoms with Crippen molar-refractivity contribution in [2.75, 3.05) is 19.8 Å². The van der Waals surface area contributed by atoms with Crippen LogP contribution in [0.2, 0.25) is 0 Å². The number of hydrogen-bond acceptors (Lipinski definition) is 13. The second-order valence-corrected chi connectivity index (χ2v) is 26.8. The lowest BCUT2D eigenvalue weighted by molar-refractivity contribution is -0.359. The van der Waals surface area contributed by atoms with Gasteiger partial charge in [0.1, 0.15) is 48.8 Å². The van der Waals surface area contributed by atoms with Crippen molar-refractivity contribution in [3.63, 3.8) is 0 Å². The number of aliphatic hydroxyl groups excluding tert-OH is 8. The van der Waals surface area contributed by atoms with Crippen LogP contribution in [0.4, 0.5) is 0 Å². The SMILES string of the molecule is CCCCCCCCCC/C=C\CCCCCCCCCCCCCCCCCC(=O)NC(COC1OC(CO)C(OC2OC(CO)C(O)C(O)C2O)C(O)C1O)C(O)/C=C/CC/C=C/CC/C=C/CCCCCCCCCCCCCCCCCCCCC. The van der Waals surface area contributed by atoms with E-state index in [1.807, 2.05) is 6.08 Å². The summed E-state index contributed by atoms with van der Waals surface area (Å²) >= 11 is 0. The molecule has 0 bridgehead atoms. The second-order valence-electron chi connectivity index (χ2n) is 26.8. The van der Waals surface area contributed by atoms with E-state index in [1.54, 1.807) is 6.08 Å². The minimum absolute atomic E-state index is 0.248. The van der Waals surface area contributed by atoms with E-state index < -0.39 is 86.8 Å². The maximum atomic E-state index is 13.4. The lowest BCUT2D eigenvalue weighted by Crippen LogP contribution is -2.65. The van der Waals surface area contributed by atoms with Gasteiger partial charge in [0, 0.05) is 6.42 Å². The van der Waals surface area contributed by atoms with Crippen LogP contribution in [0.5, 0.6) is 0 Å². The van der Waals surface area contributed by atoms with Gasteiger partial charge in [-0.15, -0.1) is 0 Å². The Bertz CT molecular complexity index is 1690. The van der Waals surface area contributed by atoms with Gasteiger partial charge >= 0.3 is 0 Å². The summed E-state index contributed by atoms with van der Waals surface area (Å²) in [5.41, 5.74) is 0. The predicted octanol–water partition coefficient (Wildman–Crippen LogP) is 16.2. The Balaban J connectivity index is 1.67. The van der Waals surface area contributed by atoms with Crippen LogP contribution in [0.3, 0.4) is 0 Å². The summed E-state index contributed by atoms with van der Waals surface area (Å²) in [6.07, 6.45) is 63.3. The molecule has 0 spiro atoms. The number of unbranched alkanes of at least 4 members (excludes halogenated alkanes) is 44. The van der Waals surface area contributed by atoms with Crippen molar-refractivity contribution < 1.29 is 64.6 Å². The molecule has 0 radical (unpaired) electrons. The van der Waals surface area contributed by atoms with E-state index in [-0.39, 0.29) is 18.9 Å². The number of carbonyl (C=O) groups excluding carboxylic acids is 1. The van der Waals surface area contributed by atoms with Crippen LogP contribution in [0.25, 0.3) is 0 Å². The molecule has 2 heterocycles. The molecule has 528 valence electrons. The molecule has 2 aliphatic heterocycles. The lowest BCUT2D eigenvalue weighted by atomic mass is 9.97. The highest BCUT2D eigenvalue weighted by Gasteiger charge is 2.51. The Morgan fingerprint density at radius 2 is 0.711 bits per heavy atom. The third-order valence-corrected chi connectivity index (χ3v) is 18.5. The molecule has 12 atom stereocenters. The molecule has 0 aromatic heterocycles. The van der Waals surface area contributed by atoms with Crippen molar-refractivity contribution in [1.82, 2.24) is 5.32 Å². The fraction of sp³-hybridized carbons (Fsp3) is 0.882. The summed E-state index contributed by atoms with van der Waals surface area (Å²) in [6, 6.07) is -0.940. The highest BCUT2D eigenvalue weighted by molar-refractivity contribution is 5.76. The number of carbonyl (C=O) groups is 1.